The number of hydrazone groups is 1. The molecule has 31 heavy (non-hydrogen) atoms. The molecule has 2 aromatic carbocycles. The fraction of sp³-hybridized carbons (Fsp3) is 0.0417. The third-order valence-electron chi connectivity index (χ3n) is 4.64. The summed E-state index contributed by atoms with van der Waals surface area (Å²) in [6.45, 7) is 4.30. The summed E-state index contributed by atoms with van der Waals surface area (Å²) >= 11 is 0. The maximum Gasteiger partial charge on any atom is 0.227 e. The smallest absolute Gasteiger partial charge is 0.227 e. The van der Waals surface area contributed by atoms with Crippen LogP contribution in [0.25, 0.3) is 11.1 Å². The number of nitrogens with zero attached hydrogens (tertiary/aromatic N) is 4. The van der Waals surface area contributed by atoms with Gasteiger partial charge in [0.05, 0.1) is 11.4 Å². The van der Waals surface area contributed by atoms with E-state index in [1.54, 1.807) is 23.5 Å². The summed E-state index contributed by atoms with van der Waals surface area (Å²) in [6, 6.07) is 14.7. The van der Waals surface area contributed by atoms with Gasteiger partial charge in [-0.15, -0.1) is 0 Å². The van der Waals surface area contributed by atoms with Gasteiger partial charge in [-0.3, -0.25) is 5.01 Å². The maximum atomic E-state index is 13.6. The van der Waals surface area contributed by atoms with Crippen molar-refractivity contribution in [2.24, 2.45) is 5.10 Å². The second kappa shape index (κ2) is 8.71. The van der Waals surface area contributed by atoms with Crippen LogP contribution in [0.3, 0.4) is 0 Å². The highest BCUT2D eigenvalue weighted by atomic mass is 19.1. The van der Waals surface area contributed by atoms with Crippen molar-refractivity contribution in [3.8, 4) is 0 Å². The van der Waals surface area contributed by atoms with E-state index >= 15 is 0 Å². The molecule has 1 N–H and O–H groups in total. The van der Waals surface area contributed by atoms with Crippen molar-refractivity contribution in [3.63, 3.8) is 0 Å². The number of hydrogen-bond donors (Lipinski definition) is 1. The fourth-order valence-electron chi connectivity index (χ4n) is 3.23. The third-order valence-corrected chi connectivity index (χ3v) is 4.64. The minimum absolute atomic E-state index is 0.201. The zero-order valence-corrected chi connectivity index (χ0v) is 16.8. The molecule has 5 nitrogen and oxygen atoms in total. The van der Waals surface area contributed by atoms with Gasteiger partial charge in [0.15, 0.2) is 0 Å². The number of halogens is 2. The molecule has 0 fully saturated rings. The molecule has 0 bridgehead atoms. The highest BCUT2D eigenvalue weighted by Gasteiger charge is 2.19. The highest BCUT2D eigenvalue weighted by molar-refractivity contribution is 6.05. The molecule has 4 rings (SSSR count). The summed E-state index contributed by atoms with van der Waals surface area (Å²) in [6.07, 6.45) is 7.03. The Kier molecular flexibility index (Phi) is 5.66. The number of aromatic nitrogens is 2. The van der Waals surface area contributed by atoms with Crippen molar-refractivity contribution in [1.82, 2.24) is 15.0 Å². The monoisotopic (exact) mass is 415 g/mol. The van der Waals surface area contributed by atoms with Gasteiger partial charge in [0, 0.05) is 36.8 Å². The Labute approximate surface area is 178 Å². The molecule has 3 aromatic rings. The molecule has 0 atom stereocenters. The van der Waals surface area contributed by atoms with E-state index in [0.29, 0.717) is 5.69 Å². The van der Waals surface area contributed by atoms with E-state index in [9.17, 15) is 8.78 Å². The molecular weight excluding hydrogens is 396 g/mol. The Morgan fingerprint density at radius 2 is 1.77 bits per heavy atom. The maximum absolute atomic E-state index is 13.6. The Bertz CT molecular complexity index is 1200. The van der Waals surface area contributed by atoms with Gasteiger partial charge in [-0.1, -0.05) is 36.9 Å². The lowest BCUT2D eigenvalue weighted by Crippen LogP contribution is -2.15. The average molecular weight is 415 g/mol. The van der Waals surface area contributed by atoms with Gasteiger partial charge in [-0.05, 0) is 41.5 Å². The molecule has 7 heteroatoms. The minimum Gasteiger partial charge on any atom is -0.324 e. The molecule has 0 unspecified atom stereocenters. The summed E-state index contributed by atoms with van der Waals surface area (Å²) < 4.78 is 27.1. The molecule has 2 heterocycles. The van der Waals surface area contributed by atoms with Gasteiger partial charge in [-0.2, -0.15) is 5.10 Å². The van der Waals surface area contributed by atoms with E-state index < -0.39 is 11.6 Å². The minimum atomic E-state index is -0.689. The van der Waals surface area contributed by atoms with E-state index in [0.717, 1.165) is 28.5 Å². The van der Waals surface area contributed by atoms with Crippen molar-refractivity contribution >= 4 is 29.0 Å². The van der Waals surface area contributed by atoms with E-state index in [2.05, 4.69) is 27.0 Å². The lowest BCUT2D eigenvalue weighted by Gasteiger charge is -2.23. The lowest BCUT2D eigenvalue weighted by atomic mass is 9.94. The molecular formula is C24H19F2N5. The summed E-state index contributed by atoms with van der Waals surface area (Å²) in [5.74, 6) is -1.18. The van der Waals surface area contributed by atoms with Crippen LogP contribution in [0.5, 0.6) is 0 Å². The normalized spacial score (nSPS) is 14.5. The molecule has 0 spiro atoms. The molecule has 1 aliphatic rings. The molecule has 154 valence electrons. The summed E-state index contributed by atoms with van der Waals surface area (Å²) in [4.78, 5) is 8.78. The second-order valence-electron chi connectivity index (χ2n) is 6.80. The quantitative estimate of drug-likeness (QED) is 0.605. The van der Waals surface area contributed by atoms with Crippen LogP contribution in [0.2, 0.25) is 0 Å². The molecule has 0 radical (unpaired) electrons. The summed E-state index contributed by atoms with van der Waals surface area (Å²) in [7, 11) is 1.84. The number of benzene rings is 2. The fourth-order valence-corrected chi connectivity index (χ4v) is 3.23. The number of likely N-dealkylation sites (N-methyl/N-ethyl adjacent to an activating group) is 1. The Morgan fingerprint density at radius 1 is 1.03 bits per heavy atom. The second-order valence-corrected chi connectivity index (χ2v) is 6.80. The predicted octanol–water partition coefficient (Wildman–Crippen LogP) is 5.41. The molecule has 0 aliphatic carbocycles. The number of hydrogen-bond acceptors (Lipinski definition) is 5. The topological polar surface area (TPSA) is 53.4 Å². The van der Waals surface area contributed by atoms with Crippen LogP contribution >= 0.6 is 0 Å². The highest BCUT2D eigenvalue weighted by Crippen LogP contribution is 2.34. The van der Waals surface area contributed by atoms with Crippen LogP contribution in [0.1, 0.15) is 11.3 Å². The van der Waals surface area contributed by atoms with E-state index in [4.69, 9.17) is 0 Å². The summed E-state index contributed by atoms with van der Waals surface area (Å²) in [5.41, 5.74) is 4.06. The average Bonchev–Trinajstić information content (AvgIpc) is 2.75. The first-order valence-electron chi connectivity index (χ1n) is 9.51. The lowest BCUT2D eigenvalue weighted by molar-refractivity contribution is 0.463. The van der Waals surface area contributed by atoms with Crippen LogP contribution in [0, 0.1) is 11.6 Å². The Balaban J connectivity index is 1.78. The SMILES string of the molecule is C=C(/C(=C1/C=CC=NN1C)c1ccnc(Nc2cc(F)cc(F)c2)n1)c1ccccc1. The Morgan fingerprint density at radius 3 is 2.48 bits per heavy atom. The molecule has 0 saturated carbocycles. The number of nitrogens with one attached hydrogen (secondary N) is 1. The largest absolute Gasteiger partial charge is 0.324 e. The third kappa shape index (κ3) is 4.56. The first-order chi connectivity index (χ1) is 15.0. The summed E-state index contributed by atoms with van der Waals surface area (Å²) in [5, 5.41) is 8.92. The van der Waals surface area contributed by atoms with Crippen molar-refractivity contribution in [2.75, 3.05) is 12.4 Å². The van der Waals surface area contributed by atoms with Crippen molar-refractivity contribution in [2.45, 2.75) is 0 Å². The van der Waals surface area contributed by atoms with Gasteiger partial charge in [0.1, 0.15) is 11.6 Å². The standard InChI is InChI=1S/C24H19F2N5/c1-16(17-7-4-3-5-8-17)23(22-9-6-11-28-31(22)2)21-10-12-27-24(30-21)29-20-14-18(25)13-19(26)15-20/h3-15H,1H2,2H3,(H,27,29,30)/b23-22+. The van der Waals surface area contributed by atoms with Crippen molar-refractivity contribution < 1.29 is 8.78 Å². The van der Waals surface area contributed by atoms with Crippen LogP contribution in [-0.2, 0) is 0 Å². The molecule has 1 aliphatic heterocycles. The number of rotatable bonds is 5. The van der Waals surface area contributed by atoms with Crippen LogP contribution in [-0.4, -0.2) is 28.2 Å². The van der Waals surface area contributed by atoms with E-state index in [-0.39, 0.29) is 11.6 Å². The number of allylic oxidation sites excluding steroid dienone is 4. The van der Waals surface area contributed by atoms with Gasteiger partial charge >= 0.3 is 0 Å². The van der Waals surface area contributed by atoms with E-state index in [1.165, 1.54) is 12.1 Å². The van der Waals surface area contributed by atoms with Crippen molar-refractivity contribution in [3.05, 3.63) is 108 Å². The predicted molar refractivity (Wildman–Crippen MR) is 119 cm³/mol. The number of anilines is 2. The molecule has 0 saturated heterocycles. The van der Waals surface area contributed by atoms with E-state index in [1.807, 2.05) is 49.5 Å². The molecule has 0 amide bonds. The Hall–Kier alpha value is -4.13. The van der Waals surface area contributed by atoms with Gasteiger partial charge in [0.25, 0.3) is 0 Å². The molecule has 1 aromatic heterocycles. The van der Waals surface area contributed by atoms with Gasteiger partial charge in [-0.25, -0.2) is 18.7 Å². The van der Waals surface area contributed by atoms with Crippen LogP contribution < -0.4 is 5.32 Å². The first-order valence-corrected chi connectivity index (χ1v) is 9.51. The van der Waals surface area contributed by atoms with Crippen molar-refractivity contribution in [1.29, 1.82) is 0 Å². The zero-order chi connectivity index (χ0) is 21.8. The van der Waals surface area contributed by atoms with Gasteiger partial charge < -0.3 is 5.32 Å². The van der Waals surface area contributed by atoms with Gasteiger partial charge in [0.2, 0.25) is 5.95 Å². The zero-order valence-electron chi connectivity index (χ0n) is 16.8. The van der Waals surface area contributed by atoms with Crippen LogP contribution in [0.15, 0.2) is 90.3 Å². The van der Waals surface area contributed by atoms with Crippen LogP contribution in [0.4, 0.5) is 20.4 Å². The first kappa shape index (κ1) is 20.2.